The van der Waals surface area contributed by atoms with Crippen molar-refractivity contribution in [1.82, 2.24) is 15.8 Å². The third-order valence-corrected chi connectivity index (χ3v) is 4.87. The molecule has 0 amide bonds. The lowest BCUT2D eigenvalue weighted by molar-refractivity contribution is -0.0131. The highest BCUT2D eigenvalue weighted by atomic mass is 16.5. The first-order valence-electron chi connectivity index (χ1n) is 9.35. The molecule has 0 aliphatic carbocycles. The highest BCUT2D eigenvalue weighted by molar-refractivity contribution is 5.79. The lowest BCUT2D eigenvalue weighted by Gasteiger charge is -2.36. The van der Waals surface area contributed by atoms with Crippen LogP contribution >= 0.6 is 0 Å². The molecule has 2 rings (SSSR count). The van der Waals surface area contributed by atoms with E-state index in [9.17, 15) is 5.11 Å². The highest BCUT2D eigenvalue weighted by Crippen LogP contribution is 2.28. The fourth-order valence-corrected chi connectivity index (χ4v) is 3.08. The first kappa shape index (κ1) is 19.7. The molecule has 7 heteroatoms. The van der Waals surface area contributed by atoms with Gasteiger partial charge in [-0.3, -0.25) is 0 Å². The van der Waals surface area contributed by atoms with Crippen molar-refractivity contribution >= 4 is 5.96 Å². The van der Waals surface area contributed by atoms with Crippen molar-refractivity contribution in [2.24, 2.45) is 10.4 Å². The monoisotopic (exact) mass is 352 g/mol. The fourth-order valence-electron chi connectivity index (χ4n) is 3.08. The summed E-state index contributed by atoms with van der Waals surface area (Å²) in [6.45, 7) is 9.76. The van der Waals surface area contributed by atoms with E-state index in [1.165, 1.54) is 0 Å². The predicted molar refractivity (Wildman–Crippen MR) is 97.6 cm³/mol. The third-order valence-electron chi connectivity index (χ3n) is 4.87. The van der Waals surface area contributed by atoms with Gasteiger partial charge in [0, 0.05) is 43.7 Å². The molecule has 1 aliphatic rings. The third kappa shape index (κ3) is 5.19. The molecule has 3 N–H and O–H groups in total. The lowest BCUT2D eigenvalue weighted by Crippen LogP contribution is -2.47. The zero-order valence-electron chi connectivity index (χ0n) is 15.7. The summed E-state index contributed by atoms with van der Waals surface area (Å²) >= 11 is 0. The summed E-state index contributed by atoms with van der Waals surface area (Å²) in [5.74, 6) is 1.67. The van der Waals surface area contributed by atoms with Crippen LogP contribution in [0.3, 0.4) is 0 Å². The maximum atomic E-state index is 9.82. The summed E-state index contributed by atoms with van der Waals surface area (Å²) in [6, 6.07) is 0. The summed E-state index contributed by atoms with van der Waals surface area (Å²) in [5.41, 5.74) is 1.94. The predicted octanol–water partition coefficient (Wildman–Crippen LogP) is 1.64. The molecule has 1 fully saturated rings. The molecule has 0 aromatic carbocycles. The molecule has 0 radical (unpaired) electrons. The van der Waals surface area contributed by atoms with Gasteiger partial charge in [-0.2, -0.15) is 0 Å². The molecular weight excluding hydrogens is 320 g/mol. The minimum Gasteiger partial charge on any atom is -0.396 e. The zero-order chi connectivity index (χ0) is 18.1. The number of aliphatic hydroxyl groups excluding tert-OH is 1. The fraction of sp³-hybridized carbons (Fsp3) is 0.778. The Morgan fingerprint density at radius 3 is 2.56 bits per heavy atom. The minimum atomic E-state index is -0.130. The SMILES string of the molecule is CCNC(=NCc1c(CC)noc1CC)NCC1(CO)CCOCC1. The number of aliphatic imine (C=N–C) groups is 1. The second-order valence-corrected chi connectivity index (χ2v) is 6.56. The number of ether oxygens (including phenoxy) is 1. The van der Waals surface area contributed by atoms with E-state index < -0.39 is 0 Å². The maximum Gasteiger partial charge on any atom is 0.191 e. The van der Waals surface area contributed by atoms with Gasteiger partial charge in [0.2, 0.25) is 0 Å². The van der Waals surface area contributed by atoms with Gasteiger partial charge in [0.25, 0.3) is 0 Å². The van der Waals surface area contributed by atoms with Crippen molar-refractivity contribution in [3.8, 4) is 0 Å². The first-order chi connectivity index (χ1) is 12.2. The number of guanidine groups is 1. The van der Waals surface area contributed by atoms with Crippen LogP contribution in [0.15, 0.2) is 9.52 Å². The molecule has 1 aromatic rings. The van der Waals surface area contributed by atoms with E-state index in [0.717, 1.165) is 55.2 Å². The molecule has 0 bridgehead atoms. The van der Waals surface area contributed by atoms with Gasteiger partial charge < -0.3 is 25.0 Å². The molecule has 25 heavy (non-hydrogen) atoms. The van der Waals surface area contributed by atoms with Crippen LogP contribution in [-0.4, -0.2) is 49.1 Å². The van der Waals surface area contributed by atoms with Crippen molar-refractivity contribution in [2.45, 2.75) is 53.0 Å². The molecule has 1 saturated heterocycles. The van der Waals surface area contributed by atoms with Crippen LogP contribution in [0.5, 0.6) is 0 Å². The van der Waals surface area contributed by atoms with Crippen LogP contribution in [0.1, 0.15) is 50.6 Å². The minimum absolute atomic E-state index is 0.130. The molecule has 0 saturated carbocycles. The highest BCUT2D eigenvalue weighted by Gasteiger charge is 2.32. The molecule has 0 spiro atoms. The number of aliphatic hydroxyl groups is 1. The number of hydrogen-bond donors (Lipinski definition) is 3. The van der Waals surface area contributed by atoms with Crippen molar-refractivity contribution < 1.29 is 14.4 Å². The largest absolute Gasteiger partial charge is 0.396 e. The molecule has 7 nitrogen and oxygen atoms in total. The summed E-state index contributed by atoms with van der Waals surface area (Å²) in [4.78, 5) is 4.70. The molecule has 0 unspecified atom stereocenters. The van der Waals surface area contributed by atoms with E-state index in [1.54, 1.807) is 0 Å². The van der Waals surface area contributed by atoms with Gasteiger partial charge in [0.05, 0.1) is 18.8 Å². The second-order valence-electron chi connectivity index (χ2n) is 6.56. The van der Waals surface area contributed by atoms with Crippen LogP contribution in [0.2, 0.25) is 0 Å². The Bertz CT molecular complexity index is 529. The first-order valence-corrected chi connectivity index (χ1v) is 9.35. The van der Waals surface area contributed by atoms with Crippen molar-refractivity contribution in [3.05, 3.63) is 17.0 Å². The normalized spacial score (nSPS) is 17.5. The Labute approximate surface area is 150 Å². The summed E-state index contributed by atoms with van der Waals surface area (Å²) in [7, 11) is 0. The Balaban J connectivity index is 2.04. The van der Waals surface area contributed by atoms with Crippen LogP contribution in [0, 0.1) is 5.41 Å². The molecule has 142 valence electrons. The van der Waals surface area contributed by atoms with Gasteiger partial charge in [0.1, 0.15) is 5.76 Å². The van der Waals surface area contributed by atoms with E-state index >= 15 is 0 Å². The van der Waals surface area contributed by atoms with E-state index in [2.05, 4.69) is 29.6 Å². The van der Waals surface area contributed by atoms with Gasteiger partial charge in [0.15, 0.2) is 5.96 Å². The van der Waals surface area contributed by atoms with E-state index in [-0.39, 0.29) is 12.0 Å². The topological polar surface area (TPSA) is 91.9 Å². The van der Waals surface area contributed by atoms with Gasteiger partial charge in [-0.25, -0.2) is 4.99 Å². The van der Waals surface area contributed by atoms with Crippen LogP contribution in [0.25, 0.3) is 0 Å². The lowest BCUT2D eigenvalue weighted by atomic mass is 9.81. The Hall–Kier alpha value is -1.60. The number of nitrogens with one attached hydrogen (secondary N) is 2. The van der Waals surface area contributed by atoms with Crippen LogP contribution in [0.4, 0.5) is 0 Å². The molecule has 2 heterocycles. The van der Waals surface area contributed by atoms with Gasteiger partial charge >= 0.3 is 0 Å². The number of rotatable bonds is 8. The standard InChI is InChI=1S/C18H32N4O3/c1-4-15-14(16(5-2)25-22-15)11-20-17(19-6-3)21-12-18(13-23)7-9-24-10-8-18/h23H,4-13H2,1-3H3,(H2,19,20,21). The van der Waals surface area contributed by atoms with Gasteiger partial charge in [-0.05, 0) is 26.2 Å². The molecule has 1 aliphatic heterocycles. The Morgan fingerprint density at radius 2 is 1.96 bits per heavy atom. The summed E-state index contributed by atoms with van der Waals surface area (Å²) < 4.78 is 10.8. The van der Waals surface area contributed by atoms with Gasteiger partial charge in [-0.1, -0.05) is 19.0 Å². The zero-order valence-corrected chi connectivity index (χ0v) is 15.7. The van der Waals surface area contributed by atoms with Gasteiger partial charge in [-0.15, -0.1) is 0 Å². The van der Waals surface area contributed by atoms with Crippen molar-refractivity contribution in [3.63, 3.8) is 0 Å². The molecule has 1 aromatic heterocycles. The molecule has 0 atom stereocenters. The smallest absolute Gasteiger partial charge is 0.191 e. The van der Waals surface area contributed by atoms with Crippen LogP contribution < -0.4 is 10.6 Å². The van der Waals surface area contributed by atoms with Crippen LogP contribution in [-0.2, 0) is 24.1 Å². The second kappa shape index (κ2) is 9.77. The molecular formula is C18H32N4O3. The Morgan fingerprint density at radius 1 is 1.20 bits per heavy atom. The average molecular weight is 352 g/mol. The average Bonchev–Trinajstić information content (AvgIpc) is 3.06. The summed E-state index contributed by atoms with van der Waals surface area (Å²) in [6.07, 6.45) is 3.38. The van der Waals surface area contributed by atoms with E-state index in [1.807, 2.05) is 6.92 Å². The number of nitrogens with zero attached hydrogens (tertiary/aromatic N) is 2. The number of aryl methyl sites for hydroxylation is 2. The summed E-state index contributed by atoms with van der Waals surface area (Å²) in [5, 5.41) is 20.6. The maximum absolute atomic E-state index is 9.82. The number of hydrogen-bond acceptors (Lipinski definition) is 5. The quantitative estimate of drug-likeness (QED) is 0.487. The van der Waals surface area contributed by atoms with E-state index in [0.29, 0.717) is 26.3 Å². The van der Waals surface area contributed by atoms with Crippen molar-refractivity contribution in [2.75, 3.05) is 32.9 Å². The number of aromatic nitrogens is 1. The Kier molecular flexibility index (Phi) is 7.71. The van der Waals surface area contributed by atoms with E-state index in [4.69, 9.17) is 14.3 Å². The van der Waals surface area contributed by atoms with Crippen molar-refractivity contribution in [1.29, 1.82) is 0 Å².